The lowest BCUT2D eigenvalue weighted by molar-refractivity contribution is 0.112. The maximum Gasteiger partial charge on any atom is 0.218 e. The quantitative estimate of drug-likeness (QED) is 0.407. The van der Waals surface area contributed by atoms with Gasteiger partial charge in [0.05, 0.1) is 11.8 Å². The summed E-state index contributed by atoms with van der Waals surface area (Å²) in [6, 6.07) is 3.52. The highest BCUT2D eigenvalue weighted by Gasteiger charge is 2.14. The highest BCUT2D eigenvalue weighted by molar-refractivity contribution is 7.98. The van der Waals surface area contributed by atoms with Crippen LogP contribution in [0.2, 0.25) is 0 Å². The van der Waals surface area contributed by atoms with Gasteiger partial charge >= 0.3 is 0 Å². The van der Waals surface area contributed by atoms with Crippen molar-refractivity contribution in [3.63, 3.8) is 0 Å². The van der Waals surface area contributed by atoms with Crippen LogP contribution in [0.1, 0.15) is 10.4 Å². The fourth-order valence-electron chi connectivity index (χ4n) is 1.60. The molecule has 0 N–H and O–H groups in total. The lowest BCUT2D eigenvalue weighted by Gasteiger charge is -1.99. The first-order chi connectivity index (χ1) is 8.83. The fourth-order valence-corrected chi connectivity index (χ4v) is 2.06. The van der Waals surface area contributed by atoms with Crippen molar-refractivity contribution in [1.82, 2.24) is 19.6 Å². The molecular weight excluding hydrogens is 252 g/mol. The van der Waals surface area contributed by atoms with Crippen molar-refractivity contribution in [2.45, 2.75) is 5.16 Å². The highest BCUT2D eigenvalue weighted by atomic mass is 32.2. The molecule has 0 aromatic carbocycles. The number of nitrogens with zero attached hydrogens (tertiary/aromatic N) is 4. The molecule has 0 saturated carbocycles. The van der Waals surface area contributed by atoms with Crippen LogP contribution in [0, 0.1) is 0 Å². The van der Waals surface area contributed by atoms with Crippen LogP contribution >= 0.6 is 11.8 Å². The summed E-state index contributed by atoms with van der Waals surface area (Å²) in [6.45, 7) is 0. The van der Waals surface area contributed by atoms with Crippen molar-refractivity contribution in [3.05, 3.63) is 30.2 Å². The Morgan fingerprint density at radius 3 is 3.06 bits per heavy atom. The number of hydrogen-bond acceptors (Lipinski definition) is 6. The van der Waals surface area contributed by atoms with E-state index < -0.39 is 0 Å². The molecule has 0 saturated heterocycles. The number of carbonyl (C=O) groups is 1. The van der Waals surface area contributed by atoms with Crippen LogP contribution in [0.4, 0.5) is 0 Å². The van der Waals surface area contributed by atoms with E-state index in [4.69, 9.17) is 4.42 Å². The van der Waals surface area contributed by atoms with Gasteiger partial charge in [0.15, 0.2) is 22.9 Å². The molecule has 0 unspecified atom stereocenters. The minimum Gasteiger partial charge on any atom is -0.461 e. The number of aromatic nitrogens is 4. The molecule has 0 amide bonds. The molecule has 90 valence electrons. The Labute approximate surface area is 106 Å². The van der Waals surface area contributed by atoms with E-state index in [1.807, 2.05) is 6.26 Å². The van der Waals surface area contributed by atoms with Gasteiger partial charge in [0.25, 0.3) is 0 Å². The molecule has 0 bridgehead atoms. The Morgan fingerprint density at radius 1 is 1.50 bits per heavy atom. The van der Waals surface area contributed by atoms with Gasteiger partial charge in [0.2, 0.25) is 5.82 Å². The van der Waals surface area contributed by atoms with Crippen molar-refractivity contribution in [1.29, 1.82) is 0 Å². The number of aldehydes is 1. The molecule has 0 aliphatic heterocycles. The first-order valence-corrected chi connectivity index (χ1v) is 6.35. The Bertz CT molecular complexity index is 705. The van der Waals surface area contributed by atoms with Gasteiger partial charge in [-0.25, -0.2) is 9.97 Å². The van der Waals surface area contributed by atoms with E-state index in [9.17, 15) is 4.79 Å². The third kappa shape index (κ3) is 1.60. The summed E-state index contributed by atoms with van der Waals surface area (Å²) >= 11 is 1.43. The number of furan rings is 1. The zero-order valence-electron chi connectivity index (χ0n) is 9.40. The maximum atomic E-state index is 11.0. The summed E-state index contributed by atoms with van der Waals surface area (Å²) in [4.78, 5) is 19.4. The van der Waals surface area contributed by atoms with Gasteiger partial charge < -0.3 is 4.42 Å². The van der Waals surface area contributed by atoms with Crippen molar-refractivity contribution < 1.29 is 9.21 Å². The summed E-state index contributed by atoms with van der Waals surface area (Å²) in [5, 5.41) is 4.97. The second-order valence-electron chi connectivity index (χ2n) is 3.47. The predicted molar refractivity (Wildman–Crippen MR) is 65.7 cm³/mol. The Morgan fingerprint density at radius 2 is 2.39 bits per heavy atom. The summed E-state index contributed by atoms with van der Waals surface area (Å²) in [7, 11) is 0. The minimum atomic E-state index is 0.401. The number of hydrogen-bond donors (Lipinski definition) is 0. The number of fused-ring (bicyclic) bond motifs is 1. The molecule has 0 atom stereocenters. The van der Waals surface area contributed by atoms with Crippen LogP contribution < -0.4 is 0 Å². The topological polar surface area (TPSA) is 73.3 Å². The average molecular weight is 260 g/mol. The van der Waals surface area contributed by atoms with Crippen LogP contribution in [0.15, 0.2) is 34.2 Å². The lowest BCUT2D eigenvalue weighted by Crippen LogP contribution is -1.99. The lowest BCUT2D eigenvalue weighted by atomic mass is 10.3. The van der Waals surface area contributed by atoms with E-state index in [1.54, 1.807) is 22.9 Å². The van der Waals surface area contributed by atoms with E-state index in [2.05, 4.69) is 15.1 Å². The molecule has 3 rings (SSSR count). The van der Waals surface area contributed by atoms with Crippen LogP contribution in [-0.2, 0) is 0 Å². The predicted octanol–water partition coefficient (Wildman–Crippen LogP) is 1.92. The maximum absolute atomic E-state index is 11.0. The number of thioether (sulfide) groups is 1. The minimum absolute atomic E-state index is 0.401. The van der Waals surface area contributed by atoms with E-state index in [0.29, 0.717) is 34.2 Å². The second kappa shape index (κ2) is 4.26. The second-order valence-corrected chi connectivity index (χ2v) is 4.24. The van der Waals surface area contributed by atoms with Gasteiger partial charge in [-0.05, 0) is 18.4 Å². The van der Waals surface area contributed by atoms with Gasteiger partial charge in [-0.1, -0.05) is 11.8 Å². The van der Waals surface area contributed by atoms with Gasteiger partial charge in [0, 0.05) is 6.20 Å². The molecule has 0 aliphatic rings. The molecule has 6 nitrogen and oxygen atoms in total. The summed E-state index contributed by atoms with van der Waals surface area (Å²) < 4.78 is 6.79. The van der Waals surface area contributed by atoms with E-state index in [1.165, 1.54) is 18.0 Å². The molecule has 0 radical (unpaired) electrons. The van der Waals surface area contributed by atoms with Crippen molar-refractivity contribution in [3.8, 4) is 11.6 Å². The molecule has 0 fully saturated rings. The molecule has 0 spiro atoms. The zero-order valence-corrected chi connectivity index (χ0v) is 10.2. The number of carbonyl (C=O) groups excluding carboxylic acids is 1. The standard InChI is InChI=1S/C11H8N4O2S/c1-18-11-12-5-7(6-16)10-13-9(14-15(10)11)8-3-2-4-17-8/h2-6H,1H3. The van der Waals surface area contributed by atoms with E-state index in [0.717, 1.165) is 0 Å². The SMILES string of the molecule is CSc1ncc(C=O)c2nc(-c3ccco3)nn12. The molecule has 0 aliphatic carbocycles. The van der Waals surface area contributed by atoms with E-state index in [-0.39, 0.29) is 0 Å². The first-order valence-electron chi connectivity index (χ1n) is 5.12. The third-order valence-electron chi connectivity index (χ3n) is 2.41. The molecule has 3 aromatic rings. The largest absolute Gasteiger partial charge is 0.461 e. The van der Waals surface area contributed by atoms with Crippen LogP contribution in [-0.4, -0.2) is 32.1 Å². The van der Waals surface area contributed by atoms with Crippen LogP contribution in [0.3, 0.4) is 0 Å². The third-order valence-corrected chi connectivity index (χ3v) is 3.06. The van der Waals surface area contributed by atoms with E-state index >= 15 is 0 Å². The van der Waals surface area contributed by atoms with Gasteiger partial charge in [-0.3, -0.25) is 4.79 Å². The van der Waals surface area contributed by atoms with Crippen molar-refractivity contribution in [2.24, 2.45) is 0 Å². The Kier molecular flexibility index (Phi) is 2.60. The summed E-state index contributed by atoms with van der Waals surface area (Å²) in [6.07, 6.45) is 5.65. The summed E-state index contributed by atoms with van der Waals surface area (Å²) in [5.74, 6) is 0.994. The molecule has 18 heavy (non-hydrogen) atoms. The van der Waals surface area contributed by atoms with Crippen LogP contribution in [0.5, 0.6) is 0 Å². The molecule has 7 heteroatoms. The molecule has 3 aromatic heterocycles. The van der Waals surface area contributed by atoms with Gasteiger partial charge in [-0.2, -0.15) is 4.52 Å². The smallest absolute Gasteiger partial charge is 0.218 e. The average Bonchev–Trinajstić information content (AvgIpc) is 3.05. The monoisotopic (exact) mass is 260 g/mol. The fraction of sp³-hybridized carbons (Fsp3) is 0.0909. The normalized spacial score (nSPS) is 10.9. The number of rotatable bonds is 3. The van der Waals surface area contributed by atoms with Crippen LogP contribution in [0.25, 0.3) is 17.2 Å². The molecule has 3 heterocycles. The van der Waals surface area contributed by atoms with Crippen molar-refractivity contribution >= 4 is 23.7 Å². The Hall–Kier alpha value is -2.15. The first kappa shape index (κ1) is 11.0. The highest BCUT2D eigenvalue weighted by Crippen LogP contribution is 2.20. The Balaban J connectivity index is 2.30. The van der Waals surface area contributed by atoms with Gasteiger partial charge in [-0.15, -0.1) is 5.10 Å². The zero-order chi connectivity index (χ0) is 12.5. The van der Waals surface area contributed by atoms with Gasteiger partial charge in [0.1, 0.15) is 0 Å². The molecular formula is C11H8N4O2S. The van der Waals surface area contributed by atoms with Crippen molar-refractivity contribution in [2.75, 3.05) is 6.26 Å². The summed E-state index contributed by atoms with van der Waals surface area (Å²) in [5.41, 5.74) is 0.883.